The lowest BCUT2D eigenvalue weighted by Crippen LogP contribution is -2.25. The largest absolute Gasteiger partial charge is 0.493 e. The molecule has 0 unspecified atom stereocenters. The summed E-state index contributed by atoms with van der Waals surface area (Å²) in [4.78, 5) is 12.3. The van der Waals surface area contributed by atoms with Crippen molar-refractivity contribution in [2.75, 3.05) is 20.8 Å². The number of hydrogen-bond acceptors (Lipinski definition) is 3. The summed E-state index contributed by atoms with van der Waals surface area (Å²) in [5.74, 6) is 1.44. The normalized spacial score (nSPS) is 11.1. The number of nitrogens with zero attached hydrogens (tertiary/aromatic N) is 1. The molecule has 0 bridgehead atoms. The van der Waals surface area contributed by atoms with Gasteiger partial charge in [-0.3, -0.25) is 4.79 Å². The van der Waals surface area contributed by atoms with Crippen molar-refractivity contribution >= 4 is 16.8 Å². The van der Waals surface area contributed by atoms with Crippen molar-refractivity contribution in [3.05, 3.63) is 59.8 Å². The zero-order valence-corrected chi connectivity index (χ0v) is 17.7. The number of carbonyl (C=O) groups excluding carboxylic acids is 1. The van der Waals surface area contributed by atoms with Gasteiger partial charge in [-0.05, 0) is 56.0 Å². The third-order valence-electron chi connectivity index (χ3n) is 5.18. The van der Waals surface area contributed by atoms with E-state index in [2.05, 4.69) is 54.2 Å². The molecule has 5 heteroatoms. The second-order valence-electron chi connectivity index (χ2n) is 7.46. The summed E-state index contributed by atoms with van der Waals surface area (Å²) in [7, 11) is 3.23. The standard InChI is InChI=1S/C24H30N2O3/c1-17(2)26-16-19(20-7-5-6-8-21(20)26)13-14-25-24(27)12-10-18-9-11-22(28-3)23(15-18)29-4/h5-9,11,15-17H,10,12-14H2,1-4H3,(H,25,27). The number of amides is 1. The minimum Gasteiger partial charge on any atom is -0.493 e. The van der Waals surface area contributed by atoms with E-state index in [1.54, 1.807) is 14.2 Å². The van der Waals surface area contributed by atoms with Crippen LogP contribution in [0, 0.1) is 0 Å². The molecule has 0 radical (unpaired) electrons. The number of methoxy groups -OCH3 is 2. The van der Waals surface area contributed by atoms with Crippen LogP contribution in [-0.2, 0) is 17.6 Å². The molecule has 1 aromatic heterocycles. The first kappa shape index (κ1) is 20.8. The molecule has 2 aromatic carbocycles. The van der Waals surface area contributed by atoms with Gasteiger partial charge in [-0.15, -0.1) is 0 Å². The molecule has 0 spiro atoms. The molecule has 3 rings (SSSR count). The third-order valence-corrected chi connectivity index (χ3v) is 5.18. The second-order valence-corrected chi connectivity index (χ2v) is 7.46. The van der Waals surface area contributed by atoms with Gasteiger partial charge in [0.2, 0.25) is 5.91 Å². The summed E-state index contributed by atoms with van der Waals surface area (Å²) in [5.41, 5.74) is 3.57. The molecular formula is C24H30N2O3. The zero-order chi connectivity index (χ0) is 20.8. The molecular weight excluding hydrogens is 364 g/mol. The number of carbonyl (C=O) groups is 1. The van der Waals surface area contributed by atoms with Gasteiger partial charge in [0, 0.05) is 36.1 Å². The average molecular weight is 395 g/mol. The van der Waals surface area contributed by atoms with Crippen LogP contribution in [0.4, 0.5) is 0 Å². The molecule has 0 fully saturated rings. The molecule has 29 heavy (non-hydrogen) atoms. The van der Waals surface area contributed by atoms with Crippen LogP contribution in [0.3, 0.4) is 0 Å². The molecule has 1 amide bonds. The van der Waals surface area contributed by atoms with E-state index in [1.807, 2.05) is 18.2 Å². The predicted molar refractivity (Wildman–Crippen MR) is 117 cm³/mol. The lowest BCUT2D eigenvalue weighted by Gasteiger charge is -2.10. The third kappa shape index (κ3) is 4.91. The fourth-order valence-electron chi connectivity index (χ4n) is 3.62. The molecule has 154 valence electrons. The molecule has 3 aromatic rings. The van der Waals surface area contributed by atoms with Crippen molar-refractivity contribution < 1.29 is 14.3 Å². The SMILES string of the molecule is COc1ccc(CCC(=O)NCCc2cn(C(C)C)c3ccccc23)cc1OC. The molecule has 1 N–H and O–H groups in total. The predicted octanol–water partition coefficient (Wildman–Crippen LogP) is 4.53. The molecule has 0 atom stereocenters. The van der Waals surface area contributed by atoms with Gasteiger partial charge in [-0.1, -0.05) is 24.3 Å². The highest BCUT2D eigenvalue weighted by atomic mass is 16.5. The summed E-state index contributed by atoms with van der Waals surface area (Å²) < 4.78 is 12.9. The Hall–Kier alpha value is -2.95. The topological polar surface area (TPSA) is 52.5 Å². The number of aromatic nitrogens is 1. The van der Waals surface area contributed by atoms with Crippen LogP contribution in [0.1, 0.15) is 37.4 Å². The van der Waals surface area contributed by atoms with Crippen LogP contribution in [0.15, 0.2) is 48.7 Å². The monoisotopic (exact) mass is 394 g/mol. The van der Waals surface area contributed by atoms with Crippen molar-refractivity contribution in [1.29, 1.82) is 0 Å². The van der Waals surface area contributed by atoms with Crippen LogP contribution < -0.4 is 14.8 Å². The zero-order valence-electron chi connectivity index (χ0n) is 17.7. The van der Waals surface area contributed by atoms with Crippen molar-refractivity contribution in [2.24, 2.45) is 0 Å². The molecule has 0 saturated carbocycles. The van der Waals surface area contributed by atoms with Gasteiger partial charge in [0.1, 0.15) is 0 Å². The summed E-state index contributed by atoms with van der Waals surface area (Å²) in [6.45, 7) is 5.01. The lowest BCUT2D eigenvalue weighted by molar-refractivity contribution is -0.121. The Labute approximate surface area is 172 Å². The van der Waals surface area contributed by atoms with Crippen molar-refractivity contribution in [3.8, 4) is 11.5 Å². The number of fused-ring (bicyclic) bond motifs is 1. The quantitative estimate of drug-likeness (QED) is 0.580. The Morgan fingerprint density at radius 3 is 2.52 bits per heavy atom. The number of rotatable bonds is 9. The van der Waals surface area contributed by atoms with Crippen LogP contribution in [-0.4, -0.2) is 31.2 Å². The lowest BCUT2D eigenvalue weighted by atomic mass is 10.1. The van der Waals surface area contributed by atoms with E-state index in [-0.39, 0.29) is 5.91 Å². The maximum atomic E-state index is 12.3. The summed E-state index contributed by atoms with van der Waals surface area (Å²) >= 11 is 0. The van der Waals surface area contributed by atoms with E-state index in [9.17, 15) is 4.79 Å². The number of ether oxygens (including phenoxy) is 2. The highest BCUT2D eigenvalue weighted by molar-refractivity contribution is 5.84. The van der Waals surface area contributed by atoms with E-state index in [0.29, 0.717) is 36.9 Å². The van der Waals surface area contributed by atoms with Crippen LogP contribution >= 0.6 is 0 Å². The number of aryl methyl sites for hydroxylation is 1. The van der Waals surface area contributed by atoms with Gasteiger partial charge >= 0.3 is 0 Å². The Bertz CT molecular complexity index is 975. The Kier molecular flexibility index (Phi) is 6.81. The first-order chi connectivity index (χ1) is 14.0. The molecule has 0 aliphatic carbocycles. The molecule has 1 heterocycles. The number of nitrogens with one attached hydrogen (secondary N) is 1. The van der Waals surface area contributed by atoms with E-state index < -0.39 is 0 Å². The first-order valence-corrected chi connectivity index (χ1v) is 10.1. The van der Waals surface area contributed by atoms with Gasteiger partial charge in [-0.25, -0.2) is 0 Å². The van der Waals surface area contributed by atoms with Gasteiger partial charge in [-0.2, -0.15) is 0 Å². The summed E-state index contributed by atoms with van der Waals surface area (Å²) in [5, 5.41) is 4.32. The van der Waals surface area contributed by atoms with Crippen molar-refractivity contribution in [2.45, 2.75) is 39.2 Å². The van der Waals surface area contributed by atoms with Gasteiger partial charge in [0.05, 0.1) is 14.2 Å². The van der Waals surface area contributed by atoms with Crippen molar-refractivity contribution in [3.63, 3.8) is 0 Å². The first-order valence-electron chi connectivity index (χ1n) is 10.1. The van der Waals surface area contributed by atoms with E-state index >= 15 is 0 Å². The van der Waals surface area contributed by atoms with Gasteiger partial charge in [0.25, 0.3) is 0 Å². The Morgan fingerprint density at radius 1 is 1.03 bits per heavy atom. The Balaban J connectivity index is 1.54. The van der Waals surface area contributed by atoms with Crippen LogP contribution in [0.5, 0.6) is 11.5 Å². The molecule has 0 aliphatic heterocycles. The fraction of sp³-hybridized carbons (Fsp3) is 0.375. The maximum Gasteiger partial charge on any atom is 0.220 e. The highest BCUT2D eigenvalue weighted by Crippen LogP contribution is 2.28. The van der Waals surface area contributed by atoms with E-state index in [4.69, 9.17) is 9.47 Å². The Morgan fingerprint density at radius 2 is 1.79 bits per heavy atom. The second kappa shape index (κ2) is 9.50. The highest BCUT2D eigenvalue weighted by Gasteiger charge is 2.11. The number of hydrogen-bond donors (Lipinski definition) is 1. The minimum absolute atomic E-state index is 0.0624. The van der Waals surface area contributed by atoms with E-state index in [1.165, 1.54) is 16.5 Å². The average Bonchev–Trinajstić information content (AvgIpc) is 3.11. The number of para-hydroxylation sites is 1. The van der Waals surface area contributed by atoms with E-state index in [0.717, 1.165) is 12.0 Å². The maximum absolute atomic E-state index is 12.3. The smallest absolute Gasteiger partial charge is 0.220 e. The van der Waals surface area contributed by atoms with Gasteiger partial charge < -0.3 is 19.4 Å². The summed E-state index contributed by atoms with van der Waals surface area (Å²) in [6.07, 6.45) is 4.15. The van der Waals surface area contributed by atoms with Crippen LogP contribution in [0.2, 0.25) is 0 Å². The molecule has 0 saturated heterocycles. The molecule has 5 nitrogen and oxygen atoms in total. The van der Waals surface area contributed by atoms with Crippen molar-refractivity contribution in [1.82, 2.24) is 9.88 Å². The van der Waals surface area contributed by atoms with Gasteiger partial charge in [0.15, 0.2) is 11.5 Å². The van der Waals surface area contributed by atoms with Crippen LogP contribution in [0.25, 0.3) is 10.9 Å². The summed E-state index contributed by atoms with van der Waals surface area (Å²) in [6, 6.07) is 14.6. The minimum atomic E-state index is 0.0624. The fourth-order valence-corrected chi connectivity index (χ4v) is 3.62. The number of benzene rings is 2. The molecule has 0 aliphatic rings.